The van der Waals surface area contributed by atoms with Crippen molar-refractivity contribution in [1.29, 1.82) is 0 Å². The molecule has 0 radical (unpaired) electrons. The number of anilines is 1. The number of thiophene rings is 1. The largest absolute Gasteiger partial charge is 0.497 e. The first-order valence-corrected chi connectivity index (χ1v) is 9.48. The highest BCUT2D eigenvalue weighted by Crippen LogP contribution is 2.21. The zero-order chi connectivity index (χ0) is 17.6. The van der Waals surface area contributed by atoms with Crippen molar-refractivity contribution in [3.63, 3.8) is 0 Å². The summed E-state index contributed by atoms with van der Waals surface area (Å²) in [6.45, 7) is 6.15. The molecule has 0 saturated carbocycles. The van der Waals surface area contributed by atoms with Gasteiger partial charge in [-0.2, -0.15) is 0 Å². The van der Waals surface area contributed by atoms with E-state index < -0.39 is 0 Å². The Bertz CT molecular complexity index is 664. The van der Waals surface area contributed by atoms with Gasteiger partial charge in [0, 0.05) is 36.7 Å². The number of amides is 1. The summed E-state index contributed by atoms with van der Waals surface area (Å²) < 4.78 is 5.21. The molecule has 6 heteroatoms. The number of carbonyl (C=O) groups excluding carboxylic acids is 1. The number of benzene rings is 1. The molecule has 0 unspecified atom stereocenters. The Kier molecular flexibility index (Phi) is 5.94. The quantitative estimate of drug-likeness (QED) is 0.861. The number of nitrogens with zero attached hydrogens (tertiary/aromatic N) is 2. The molecule has 2 heterocycles. The summed E-state index contributed by atoms with van der Waals surface area (Å²) >= 11 is 1.68. The monoisotopic (exact) mass is 359 g/mol. The fourth-order valence-corrected chi connectivity index (χ4v) is 3.79. The molecule has 1 fully saturated rings. The van der Waals surface area contributed by atoms with Crippen molar-refractivity contribution >= 4 is 22.9 Å². The van der Waals surface area contributed by atoms with Crippen LogP contribution in [-0.4, -0.2) is 50.6 Å². The molecule has 0 aliphatic carbocycles. The highest BCUT2D eigenvalue weighted by Gasteiger charge is 2.20. The lowest BCUT2D eigenvalue weighted by atomic mass is 10.2. The standard InChI is InChI=1S/C19H25N3O2S/c1-15(18-4-3-13-25-18)20-19(23)14-21-9-11-22(12-10-21)16-5-7-17(24-2)8-6-16/h3-8,13,15H,9-12,14H2,1-2H3,(H,20,23)/t15-/m0/s1. The third kappa shape index (κ3) is 4.74. The molecule has 1 atom stereocenters. The predicted octanol–water partition coefficient (Wildman–Crippen LogP) is 2.76. The summed E-state index contributed by atoms with van der Waals surface area (Å²) in [4.78, 5) is 18.0. The van der Waals surface area contributed by atoms with Crippen LogP contribution in [0, 0.1) is 0 Å². The van der Waals surface area contributed by atoms with E-state index in [2.05, 4.69) is 33.3 Å². The van der Waals surface area contributed by atoms with Crippen LogP contribution in [0.1, 0.15) is 17.8 Å². The smallest absolute Gasteiger partial charge is 0.234 e. The molecule has 2 aromatic rings. The van der Waals surface area contributed by atoms with Gasteiger partial charge in [0.25, 0.3) is 0 Å². The molecule has 1 aromatic carbocycles. The molecular weight excluding hydrogens is 334 g/mol. The summed E-state index contributed by atoms with van der Waals surface area (Å²) in [5, 5.41) is 5.13. The van der Waals surface area contributed by atoms with Gasteiger partial charge in [-0.1, -0.05) is 6.07 Å². The van der Waals surface area contributed by atoms with Gasteiger partial charge in [0.2, 0.25) is 5.91 Å². The molecule has 5 nitrogen and oxygen atoms in total. The van der Waals surface area contributed by atoms with Crippen LogP contribution in [0.5, 0.6) is 5.75 Å². The molecule has 1 aromatic heterocycles. The second-order valence-corrected chi connectivity index (χ2v) is 7.25. The summed E-state index contributed by atoms with van der Waals surface area (Å²) in [6.07, 6.45) is 0. The van der Waals surface area contributed by atoms with Gasteiger partial charge in [-0.25, -0.2) is 0 Å². The van der Waals surface area contributed by atoms with E-state index in [1.807, 2.05) is 30.5 Å². The fourth-order valence-electron chi connectivity index (χ4n) is 3.06. The molecule has 134 valence electrons. The SMILES string of the molecule is COc1ccc(N2CCN(CC(=O)N[C@@H](C)c3cccs3)CC2)cc1. The van der Waals surface area contributed by atoms with Crippen molar-refractivity contribution in [3.05, 3.63) is 46.7 Å². The van der Waals surface area contributed by atoms with Crippen LogP contribution >= 0.6 is 11.3 Å². The number of methoxy groups -OCH3 is 1. The van der Waals surface area contributed by atoms with Crippen LogP contribution in [0.25, 0.3) is 0 Å². The van der Waals surface area contributed by atoms with E-state index in [1.165, 1.54) is 10.6 Å². The normalized spacial score (nSPS) is 16.5. The van der Waals surface area contributed by atoms with E-state index in [9.17, 15) is 4.79 Å². The Morgan fingerprint density at radius 1 is 1.20 bits per heavy atom. The van der Waals surface area contributed by atoms with Crippen LogP contribution in [0.4, 0.5) is 5.69 Å². The maximum Gasteiger partial charge on any atom is 0.234 e. The number of rotatable bonds is 6. The summed E-state index contributed by atoms with van der Waals surface area (Å²) in [7, 11) is 1.68. The number of hydrogen-bond acceptors (Lipinski definition) is 5. The predicted molar refractivity (Wildman–Crippen MR) is 103 cm³/mol. The maximum atomic E-state index is 12.3. The van der Waals surface area contributed by atoms with Gasteiger partial charge in [-0.3, -0.25) is 9.69 Å². The van der Waals surface area contributed by atoms with Gasteiger partial charge in [0.05, 0.1) is 19.7 Å². The zero-order valence-electron chi connectivity index (χ0n) is 14.8. The van der Waals surface area contributed by atoms with Crippen molar-refractivity contribution in [2.24, 2.45) is 0 Å². The van der Waals surface area contributed by atoms with Gasteiger partial charge >= 0.3 is 0 Å². The first-order valence-electron chi connectivity index (χ1n) is 8.60. The van der Waals surface area contributed by atoms with Crippen molar-refractivity contribution in [3.8, 4) is 5.75 Å². The molecule has 1 saturated heterocycles. The van der Waals surface area contributed by atoms with Crippen LogP contribution in [0.15, 0.2) is 41.8 Å². The highest BCUT2D eigenvalue weighted by atomic mass is 32.1. The second kappa shape index (κ2) is 8.36. The average molecular weight is 359 g/mol. The molecule has 1 aliphatic heterocycles. The van der Waals surface area contributed by atoms with Gasteiger partial charge in [0.1, 0.15) is 5.75 Å². The fraction of sp³-hybridized carbons (Fsp3) is 0.421. The topological polar surface area (TPSA) is 44.8 Å². The van der Waals surface area contributed by atoms with Crippen LogP contribution < -0.4 is 15.0 Å². The first-order chi connectivity index (χ1) is 12.2. The lowest BCUT2D eigenvalue weighted by molar-refractivity contribution is -0.122. The van der Waals surface area contributed by atoms with Gasteiger partial charge < -0.3 is 15.0 Å². The summed E-state index contributed by atoms with van der Waals surface area (Å²) in [6, 6.07) is 12.3. The minimum Gasteiger partial charge on any atom is -0.497 e. The summed E-state index contributed by atoms with van der Waals surface area (Å²) in [5.74, 6) is 0.970. The van der Waals surface area contributed by atoms with Gasteiger partial charge in [-0.05, 0) is 42.6 Å². The molecule has 1 N–H and O–H groups in total. The molecule has 3 rings (SSSR count). The minimum atomic E-state index is 0.0769. The van der Waals surface area contributed by atoms with E-state index in [1.54, 1.807) is 18.4 Å². The van der Waals surface area contributed by atoms with E-state index in [0.29, 0.717) is 6.54 Å². The van der Waals surface area contributed by atoms with E-state index in [0.717, 1.165) is 31.9 Å². The van der Waals surface area contributed by atoms with Crippen molar-refractivity contribution in [2.75, 3.05) is 44.7 Å². The summed E-state index contributed by atoms with van der Waals surface area (Å²) in [5.41, 5.74) is 1.20. The third-order valence-electron chi connectivity index (χ3n) is 4.52. The molecule has 1 aliphatic rings. The van der Waals surface area contributed by atoms with E-state index in [4.69, 9.17) is 4.74 Å². The molecular formula is C19H25N3O2S. The number of carbonyl (C=O) groups is 1. The Hall–Kier alpha value is -2.05. The number of hydrogen-bond donors (Lipinski definition) is 1. The molecule has 25 heavy (non-hydrogen) atoms. The molecule has 1 amide bonds. The Morgan fingerprint density at radius 2 is 1.92 bits per heavy atom. The lowest BCUT2D eigenvalue weighted by Gasteiger charge is -2.35. The minimum absolute atomic E-state index is 0.0769. The zero-order valence-corrected chi connectivity index (χ0v) is 15.6. The van der Waals surface area contributed by atoms with Crippen molar-refractivity contribution in [1.82, 2.24) is 10.2 Å². The number of piperazine rings is 1. The Balaban J connectivity index is 1.44. The highest BCUT2D eigenvalue weighted by molar-refractivity contribution is 7.10. The van der Waals surface area contributed by atoms with Crippen LogP contribution in [-0.2, 0) is 4.79 Å². The first kappa shape index (κ1) is 17.8. The van der Waals surface area contributed by atoms with E-state index in [-0.39, 0.29) is 11.9 Å². The second-order valence-electron chi connectivity index (χ2n) is 6.27. The average Bonchev–Trinajstić information content (AvgIpc) is 3.17. The third-order valence-corrected chi connectivity index (χ3v) is 5.58. The maximum absolute atomic E-state index is 12.3. The van der Waals surface area contributed by atoms with Crippen molar-refractivity contribution < 1.29 is 9.53 Å². The number of ether oxygens (including phenoxy) is 1. The molecule has 0 spiro atoms. The lowest BCUT2D eigenvalue weighted by Crippen LogP contribution is -2.49. The van der Waals surface area contributed by atoms with Crippen molar-refractivity contribution in [2.45, 2.75) is 13.0 Å². The Labute approximate surface area is 153 Å². The number of nitrogens with one attached hydrogen (secondary N) is 1. The van der Waals surface area contributed by atoms with Crippen LogP contribution in [0.2, 0.25) is 0 Å². The van der Waals surface area contributed by atoms with Crippen LogP contribution in [0.3, 0.4) is 0 Å². The Morgan fingerprint density at radius 3 is 2.52 bits per heavy atom. The van der Waals surface area contributed by atoms with Gasteiger partial charge in [-0.15, -0.1) is 11.3 Å². The molecule has 0 bridgehead atoms. The van der Waals surface area contributed by atoms with E-state index >= 15 is 0 Å². The van der Waals surface area contributed by atoms with Gasteiger partial charge in [0.15, 0.2) is 0 Å².